The van der Waals surface area contributed by atoms with Crippen molar-refractivity contribution in [2.75, 3.05) is 6.61 Å². The van der Waals surface area contributed by atoms with Crippen LogP contribution < -0.4 is 0 Å². The number of hydrogen-bond acceptors (Lipinski definition) is 1. The van der Waals surface area contributed by atoms with Gasteiger partial charge in [-0.15, -0.1) is 0 Å². The van der Waals surface area contributed by atoms with Crippen molar-refractivity contribution in [2.45, 2.75) is 54.5 Å². The number of halogens is 9. The molecule has 0 N–H and O–H groups in total. The SMILES string of the molecule is ClC(Cl)(Cl)C(Cl)(Cl)C(Cl)(Cl)C(Cl)(Cl)CCCCCCOC(c1ccccc1)(c1ccccc1)c1ccccc1. The molecule has 3 aromatic rings. The molecule has 0 amide bonds. The van der Waals surface area contributed by atoms with Crippen LogP contribution in [-0.2, 0) is 10.3 Å². The lowest BCUT2D eigenvalue weighted by Gasteiger charge is -2.44. The van der Waals surface area contributed by atoms with Crippen molar-refractivity contribution >= 4 is 104 Å². The minimum atomic E-state index is -2.26. The second-order valence-electron chi connectivity index (χ2n) is 9.14. The number of alkyl halides is 9. The molecule has 0 bridgehead atoms. The molecule has 1 nitrogen and oxygen atoms in total. The largest absolute Gasteiger partial charge is 0.361 e. The van der Waals surface area contributed by atoms with Crippen LogP contribution in [-0.4, -0.2) is 23.4 Å². The molecule has 0 saturated heterocycles. The standard InChI is InChI=1S/C29H27Cl9O/c30-25(31,27(32,33)28(34,35)29(36,37)38)20-12-1-2-13-21-39-26(22-14-6-3-7-15-22,23-16-8-4-9-17-23)24-18-10-5-11-19-24/h3-11,14-19H,1-2,12-13,20-21H2. The smallest absolute Gasteiger partial charge is 0.226 e. The highest BCUT2D eigenvalue weighted by atomic mass is 35.6. The maximum absolute atomic E-state index is 6.80. The first kappa shape index (κ1) is 33.7. The molecule has 0 aliphatic rings. The predicted molar refractivity (Wildman–Crippen MR) is 172 cm³/mol. The molecule has 3 aromatic carbocycles. The Morgan fingerprint density at radius 1 is 0.462 bits per heavy atom. The fourth-order valence-electron chi connectivity index (χ4n) is 4.36. The van der Waals surface area contributed by atoms with Crippen molar-refractivity contribution in [3.8, 4) is 0 Å². The van der Waals surface area contributed by atoms with Gasteiger partial charge in [-0.3, -0.25) is 0 Å². The number of unbranched alkanes of at least 4 members (excludes halogenated alkanes) is 3. The quantitative estimate of drug-likeness (QED) is 0.0975. The third-order valence-electron chi connectivity index (χ3n) is 6.45. The maximum Gasteiger partial charge on any atom is 0.226 e. The Morgan fingerprint density at radius 2 is 0.846 bits per heavy atom. The Bertz CT molecular complexity index is 1050. The van der Waals surface area contributed by atoms with Gasteiger partial charge >= 0.3 is 0 Å². The number of hydrogen-bond donors (Lipinski definition) is 0. The van der Waals surface area contributed by atoms with E-state index in [1.54, 1.807) is 0 Å². The zero-order valence-corrected chi connectivity index (χ0v) is 27.5. The highest BCUT2D eigenvalue weighted by Crippen LogP contribution is 2.63. The minimum absolute atomic E-state index is 0.174. The summed E-state index contributed by atoms with van der Waals surface area (Å²) in [6.07, 6.45) is 3.16. The summed E-state index contributed by atoms with van der Waals surface area (Å²) in [4.78, 5) is 0. The van der Waals surface area contributed by atoms with Crippen LogP contribution in [0.1, 0.15) is 48.8 Å². The lowest BCUT2D eigenvalue weighted by Crippen LogP contribution is -2.56. The van der Waals surface area contributed by atoms with Gasteiger partial charge in [0.05, 0.1) is 0 Å². The van der Waals surface area contributed by atoms with Crippen LogP contribution in [0.3, 0.4) is 0 Å². The van der Waals surface area contributed by atoms with E-state index in [4.69, 9.17) is 109 Å². The summed E-state index contributed by atoms with van der Waals surface area (Å²) in [5.74, 6) is 0. The number of benzene rings is 3. The number of rotatable bonds is 13. The molecule has 0 atom stereocenters. The van der Waals surface area contributed by atoms with Gasteiger partial charge in [0.1, 0.15) is 5.60 Å². The van der Waals surface area contributed by atoms with Crippen molar-refractivity contribution in [2.24, 2.45) is 0 Å². The lowest BCUT2D eigenvalue weighted by atomic mass is 9.80. The predicted octanol–water partition coefficient (Wildman–Crippen LogP) is 11.8. The fourth-order valence-corrected chi connectivity index (χ4v) is 6.62. The lowest BCUT2D eigenvalue weighted by molar-refractivity contribution is 0.0106. The Kier molecular flexibility index (Phi) is 12.2. The van der Waals surface area contributed by atoms with Crippen LogP contribution in [0.2, 0.25) is 0 Å². The Morgan fingerprint density at radius 3 is 1.23 bits per heavy atom. The molecule has 0 saturated carbocycles. The van der Waals surface area contributed by atoms with E-state index >= 15 is 0 Å². The molecule has 10 heteroatoms. The van der Waals surface area contributed by atoms with Crippen LogP contribution in [0, 0.1) is 0 Å². The van der Waals surface area contributed by atoms with Gasteiger partial charge in [0.2, 0.25) is 3.79 Å². The van der Waals surface area contributed by atoms with Crippen molar-refractivity contribution in [1.29, 1.82) is 0 Å². The highest BCUT2D eigenvalue weighted by molar-refractivity contribution is 6.80. The molecular formula is C29H27Cl9O. The van der Waals surface area contributed by atoms with Crippen LogP contribution in [0.5, 0.6) is 0 Å². The zero-order valence-electron chi connectivity index (χ0n) is 20.7. The van der Waals surface area contributed by atoms with Gasteiger partial charge in [-0.05, 0) is 29.5 Å². The normalized spacial score (nSPS) is 13.5. The van der Waals surface area contributed by atoms with Gasteiger partial charge in [0.15, 0.2) is 13.0 Å². The summed E-state index contributed by atoms with van der Waals surface area (Å²) < 4.78 is -1.63. The highest BCUT2D eigenvalue weighted by Gasteiger charge is 2.67. The van der Waals surface area contributed by atoms with E-state index in [0.717, 1.165) is 36.0 Å². The van der Waals surface area contributed by atoms with Crippen LogP contribution in [0.4, 0.5) is 0 Å². The van der Waals surface area contributed by atoms with Gasteiger partial charge < -0.3 is 4.74 Å². The molecule has 0 heterocycles. The third-order valence-corrected chi connectivity index (χ3v) is 11.9. The van der Waals surface area contributed by atoms with E-state index < -0.39 is 22.4 Å². The van der Waals surface area contributed by atoms with E-state index in [9.17, 15) is 0 Å². The first-order valence-electron chi connectivity index (χ1n) is 12.3. The summed E-state index contributed by atoms with van der Waals surface area (Å²) in [6, 6.07) is 30.7. The summed E-state index contributed by atoms with van der Waals surface area (Å²) in [5.41, 5.74) is 2.40. The van der Waals surface area contributed by atoms with Crippen LogP contribution in [0.15, 0.2) is 91.0 Å². The minimum Gasteiger partial charge on any atom is -0.361 e. The molecule has 0 unspecified atom stereocenters. The molecule has 0 spiro atoms. The van der Waals surface area contributed by atoms with Gasteiger partial charge in [0.25, 0.3) is 0 Å². The molecule has 0 fully saturated rings. The second-order valence-corrected chi connectivity index (χ2v) is 15.6. The molecule has 0 aliphatic heterocycles. The molecular weight excluding hydrogens is 683 g/mol. The summed E-state index contributed by atoms with van der Waals surface area (Å²) in [6.45, 7) is 0.514. The maximum atomic E-state index is 6.80. The molecule has 39 heavy (non-hydrogen) atoms. The van der Waals surface area contributed by atoms with E-state index in [1.807, 2.05) is 54.6 Å². The van der Waals surface area contributed by atoms with Crippen LogP contribution >= 0.6 is 104 Å². The van der Waals surface area contributed by atoms with Gasteiger partial charge in [-0.2, -0.15) is 0 Å². The molecule has 0 radical (unpaired) electrons. The molecule has 3 rings (SSSR count). The van der Waals surface area contributed by atoms with Gasteiger partial charge in [-0.1, -0.05) is 215 Å². The summed E-state index contributed by atoms with van der Waals surface area (Å²) in [5, 5.41) is 0. The topological polar surface area (TPSA) is 9.23 Å². The average Bonchev–Trinajstić information content (AvgIpc) is 2.91. The van der Waals surface area contributed by atoms with Crippen molar-refractivity contribution in [3.05, 3.63) is 108 Å². The first-order chi connectivity index (χ1) is 18.3. The second kappa shape index (κ2) is 14.1. The zero-order chi connectivity index (χ0) is 28.8. The molecule has 0 aliphatic carbocycles. The van der Waals surface area contributed by atoms with Crippen molar-refractivity contribution < 1.29 is 4.74 Å². The first-order valence-corrected chi connectivity index (χ1v) is 15.7. The average molecular weight is 711 g/mol. The third kappa shape index (κ3) is 7.61. The Balaban J connectivity index is 1.67. The summed E-state index contributed by atoms with van der Waals surface area (Å²) in [7, 11) is 0. The van der Waals surface area contributed by atoms with Gasteiger partial charge in [-0.25, -0.2) is 0 Å². The van der Waals surface area contributed by atoms with Crippen LogP contribution in [0.25, 0.3) is 0 Å². The van der Waals surface area contributed by atoms with E-state index in [2.05, 4.69) is 36.4 Å². The van der Waals surface area contributed by atoms with E-state index in [0.29, 0.717) is 13.0 Å². The Hall–Kier alpha value is 0.230. The number of ether oxygens (including phenoxy) is 1. The molecule has 0 aromatic heterocycles. The fraction of sp³-hybridized carbons (Fsp3) is 0.379. The van der Waals surface area contributed by atoms with E-state index in [1.165, 1.54) is 0 Å². The molecule has 212 valence electrons. The van der Waals surface area contributed by atoms with Gasteiger partial charge in [0, 0.05) is 6.61 Å². The Labute approximate surface area is 275 Å². The van der Waals surface area contributed by atoms with E-state index in [-0.39, 0.29) is 6.42 Å². The summed E-state index contributed by atoms with van der Waals surface area (Å²) >= 11 is 55.6. The monoisotopic (exact) mass is 706 g/mol. The van der Waals surface area contributed by atoms with Crippen molar-refractivity contribution in [3.63, 3.8) is 0 Å². The van der Waals surface area contributed by atoms with Crippen molar-refractivity contribution in [1.82, 2.24) is 0 Å².